The predicted octanol–water partition coefficient (Wildman–Crippen LogP) is 4.06. The molecule has 7 heteroatoms. The summed E-state index contributed by atoms with van der Waals surface area (Å²) in [6, 6.07) is 12.7. The Bertz CT molecular complexity index is 885. The Labute approximate surface area is 190 Å². The summed E-state index contributed by atoms with van der Waals surface area (Å²) in [7, 11) is 0. The molecule has 1 atom stereocenters. The number of aromatic nitrogens is 2. The molecule has 0 aliphatic carbocycles. The Balaban J connectivity index is 1.42. The second kappa shape index (κ2) is 9.92. The molecule has 0 spiro atoms. The number of anilines is 2. The van der Waals surface area contributed by atoms with Gasteiger partial charge in [-0.1, -0.05) is 37.3 Å². The summed E-state index contributed by atoms with van der Waals surface area (Å²) in [6.07, 6.45) is 4.45. The van der Waals surface area contributed by atoms with Crippen LogP contribution in [-0.4, -0.2) is 47.9 Å². The van der Waals surface area contributed by atoms with Crippen molar-refractivity contribution >= 4 is 29.1 Å². The third-order valence-electron chi connectivity index (χ3n) is 6.47. The van der Waals surface area contributed by atoms with Crippen LogP contribution < -0.4 is 15.5 Å². The molecule has 2 saturated heterocycles. The van der Waals surface area contributed by atoms with E-state index in [-0.39, 0.29) is 5.41 Å². The number of hydrogen-bond donors (Lipinski definition) is 2. The number of rotatable bonds is 5. The van der Waals surface area contributed by atoms with Crippen molar-refractivity contribution in [2.45, 2.75) is 44.9 Å². The Morgan fingerprint density at radius 1 is 1.23 bits per heavy atom. The highest BCUT2D eigenvalue weighted by Crippen LogP contribution is 2.34. The number of aryl methyl sites for hydroxylation is 1. The normalized spacial score (nSPS) is 20.8. The minimum atomic E-state index is 0.0216. The fourth-order valence-corrected chi connectivity index (χ4v) is 4.85. The number of benzene rings is 1. The zero-order chi connectivity index (χ0) is 21.7. The van der Waals surface area contributed by atoms with Gasteiger partial charge in [-0.2, -0.15) is 4.98 Å². The second-order valence-corrected chi connectivity index (χ2v) is 9.36. The summed E-state index contributed by atoms with van der Waals surface area (Å²) in [5.74, 6) is 2.23. The van der Waals surface area contributed by atoms with Crippen LogP contribution in [0.3, 0.4) is 0 Å². The minimum Gasteiger partial charge on any atom is -0.381 e. The molecule has 0 saturated carbocycles. The smallest absolute Gasteiger partial charge is 0.231 e. The van der Waals surface area contributed by atoms with Gasteiger partial charge < -0.3 is 20.3 Å². The molecule has 0 bridgehead atoms. The van der Waals surface area contributed by atoms with Crippen molar-refractivity contribution in [2.24, 2.45) is 5.92 Å². The van der Waals surface area contributed by atoms with E-state index in [0.717, 1.165) is 57.2 Å². The van der Waals surface area contributed by atoms with Gasteiger partial charge in [0, 0.05) is 50.0 Å². The van der Waals surface area contributed by atoms with Crippen molar-refractivity contribution in [3.8, 4) is 0 Å². The van der Waals surface area contributed by atoms with Crippen molar-refractivity contribution in [3.05, 3.63) is 47.7 Å². The quantitative estimate of drug-likeness (QED) is 0.681. The van der Waals surface area contributed by atoms with E-state index >= 15 is 0 Å². The molecule has 2 aliphatic rings. The molecule has 6 nitrogen and oxygen atoms in total. The van der Waals surface area contributed by atoms with Gasteiger partial charge in [0.25, 0.3) is 0 Å². The molecule has 0 amide bonds. The molecule has 2 N–H and O–H groups in total. The van der Waals surface area contributed by atoms with Gasteiger partial charge >= 0.3 is 0 Å². The molecule has 0 radical (unpaired) electrons. The van der Waals surface area contributed by atoms with Crippen LogP contribution >= 0.6 is 12.2 Å². The van der Waals surface area contributed by atoms with Crippen molar-refractivity contribution in [2.75, 3.05) is 43.1 Å². The van der Waals surface area contributed by atoms with Gasteiger partial charge in [0.2, 0.25) is 5.95 Å². The highest BCUT2D eigenvalue weighted by Gasteiger charge is 2.34. The standard InChI is InChI=1S/C24H33N5OS/c1-18-7-6-12-29(16-18)21-15-19(2)26-22(27-21)28-23(31)25-17-24(10-13-30-14-11-24)20-8-4-3-5-9-20/h3-5,8-9,15,18H,6-7,10-14,16-17H2,1-2H3,(H2,25,26,27,28,31)/t18-/m1/s1. The number of ether oxygens (including phenoxy) is 1. The van der Waals surface area contributed by atoms with E-state index < -0.39 is 0 Å². The lowest BCUT2D eigenvalue weighted by atomic mass is 9.74. The Hall–Kier alpha value is -2.25. The average molecular weight is 440 g/mol. The Morgan fingerprint density at radius 2 is 2.00 bits per heavy atom. The number of hydrogen-bond acceptors (Lipinski definition) is 5. The van der Waals surface area contributed by atoms with Crippen molar-refractivity contribution in [3.63, 3.8) is 0 Å². The molecule has 2 aromatic rings. The van der Waals surface area contributed by atoms with Crippen LogP contribution in [-0.2, 0) is 10.2 Å². The Kier molecular flexibility index (Phi) is 7.02. The van der Waals surface area contributed by atoms with Gasteiger partial charge in [0.05, 0.1) is 0 Å². The summed E-state index contributed by atoms with van der Waals surface area (Å²) < 4.78 is 5.64. The second-order valence-electron chi connectivity index (χ2n) is 8.95. The van der Waals surface area contributed by atoms with Crippen molar-refractivity contribution in [1.82, 2.24) is 15.3 Å². The van der Waals surface area contributed by atoms with Crippen molar-refractivity contribution in [1.29, 1.82) is 0 Å². The highest BCUT2D eigenvalue weighted by atomic mass is 32.1. The predicted molar refractivity (Wildman–Crippen MR) is 130 cm³/mol. The lowest BCUT2D eigenvalue weighted by molar-refractivity contribution is 0.0515. The van der Waals surface area contributed by atoms with Crippen LogP contribution in [0.2, 0.25) is 0 Å². The first-order valence-electron chi connectivity index (χ1n) is 11.3. The molecule has 4 rings (SSSR count). The summed E-state index contributed by atoms with van der Waals surface area (Å²) in [5, 5.41) is 7.22. The first-order chi connectivity index (χ1) is 15.0. The fourth-order valence-electron chi connectivity index (χ4n) is 4.68. The number of nitrogens with one attached hydrogen (secondary N) is 2. The van der Waals surface area contributed by atoms with Crippen LogP contribution in [0.25, 0.3) is 0 Å². The maximum Gasteiger partial charge on any atom is 0.231 e. The zero-order valence-corrected chi connectivity index (χ0v) is 19.4. The van der Waals surface area contributed by atoms with Gasteiger partial charge in [-0.15, -0.1) is 0 Å². The van der Waals surface area contributed by atoms with Crippen LogP contribution in [0, 0.1) is 12.8 Å². The van der Waals surface area contributed by atoms with Crippen LogP contribution in [0.15, 0.2) is 36.4 Å². The van der Waals surface area contributed by atoms with Crippen molar-refractivity contribution < 1.29 is 4.74 Å². The number of piperidine rings is 1. The summed E-state index contributed by atoms with van der Waals surface area (Å²) in [5.41, 5.74) is 2.30. The van der Waals surface area contributed by atoms with Crippen LogP contribution in [0.4, 0.5) is 11.8 Å². The topological polar surface area (TPSA) is 62.3 Å². The number of nitrogens with zero attached hydrogens (tertiary/aromatic N) is 3. The summed E-state index contributed by atoms with van der Waals surface area (Å²) in [6.45, 7) is 8.70. The summed E-state index contributed by atoms with van der Waals surface area (Å²) in [4.78, 5) is 11.7. The van der Waals surface area contributed by atoms with E-state index in [1.54, 1.807) is 0 Å². The molecule has 1 aromatic carbocycles. The summed E-state index contributed by atoms with van der Waals surface area (Å²) >= 11 is 5.62. The molecule has 1 aromatic heterocycles. The molecule has 31 heavy (non-hydrogen) atoms. The van der Waals surface area contributed by atoms with E-state index in [4.69, 9.17) is 21.9 Å². The first-order valence-corrected chi connectivity index (χ1v) is 11.7. The molecule has 3 heterocycles. The van der Waals surface area contributed by atoms with Gasteiger partial charge in [0.15, 0.2) is 5.11 Å². The van der Waals surface area contributed by atoms with Crippen LogP contribution in [0.5, 0.6) is 0 Å². The van der Waals surface area contributed by atoms with E-state index in [2.05, 4.69) is 63.8 Å². The number of thiocarbonyl (C=S) groups is 1. The molecule has 2 aliphatic heterocycles. The lowest BCUT2D eigenvalue weighted by Gasteiger charge is -2.38. The molecular formula is C24H33N5OS. The molecular weight excluding hydrogens is 406 g/mol. The van der Waals surface area contributed by atoms with Gasteiger partial charge in [-0.3, -0.25) is 0 Å². The molecule has 166 valence electrons. The maximum absolute atomic E-state index is 5.64. The van der Waals surface area contributed by atoms with E-state index in [9.17, 15) is 0 Å². The van der Waals surface area contributed by atoms with Crippen LogP contribution in [0.1, 0.15) is 43.9 Å². The van der Waals surface area contributed by atoms with E-state index in [1.165, 1.54) is 18.4 Å². The zero-order valence-electron chi connectivity index (χ0n) is 18.6. The third kappa shape index (κ3) is 5.52. The van der Waals surface area contributed by atoms with Gasteiger partial charge in [0.1, 0.15) is 5.82 Å². The average Bonchev–Trinajstić information content (AvgIpc) is 2.79. The van der Waals surface area contributed by atoms with Gasteiger partial charge in [-0.25, -0.2) is 4.98 Å². The monoisotopic (exact) mass is 439 g/mol. The largest absolute Gasteiger partial charge is 0.381 e. The minimum absolute atomic E-state index is 0.0216. The highest BCUT2D eigenvalue weighted by molar-refractivity contribution is 7.80. The van der Waals surface area contributed by atoms with E-state index in [1.807, 2.05) is 6.92 Å². The van der Waals surface area contributed by atoms with Gasteiger partial charge in [-0.05, 0) is 56.3 Å². The fraction of sp³-hybridized carbons (Fsp3) is 0.542. The lowest BCUT2D eigenvalue weighted by Crippen LogP contribution is -2.45. The molecule has 0 unspecified atom stereocenters. The first kappa shape index (κ1) is 22.0. The maximum atomic E-state index is 5.64. The molecule has 2 fully saturated rings. The SMILES string of the molecule is Cc1cc(N2CCC[C@@H](C)C2)nc(NC(=S)NCC2(c3ccccc3)CCOCC2)n1. The Morgan fingerprint density at radius 3 is 2.74 bits per heavy atom. The third-order valence-corrected chi connectivity index (χ3v) is 6.72. The van der Waals surface area contributed by atoms with E-state index in [0.29, 0.717) is 17.0 Å².